The van der Waals surface area contributed by atoms with E-state index in [2.05, 4.69) is 16.2 Å². The Labute approximate surface area is 94.4 Å². The Morgan fingerprint density at radius 1 is 1.53 bits per heavy atom. The van der Waals surface area contributed by atoms with Crippen molar-refractivity contribution in [2.24, 2.45) is 0 Å². The van der Waals surface area contributed by atoms with Gasteiger partial charge < -0.3 is 0 Å². The van der Waals surface area contributed by atoms with Gasteiger partial charge in [0.05, 0.1) is 5.69 Å². The van der Waals surface area contributed by atoms with Crippen LogP contribution in [-0.2, 0) is 5.41 Å². The van der Waals surface area contributed by atoms with Crippen LogP contribution in [0, 0.1) is 0 Å². The molecule has 0 radical (unpaired) electrons. The molecule has 4 heteroatoms. The summed E-state index contributed by atoms with van der Waals surface area (Å²) >= 11 is 1.19. The Kier molecular flexibility index (Phi) is 3.74. The van der Waals surface area contributed by atoms with Crippen LogP contribution in [0.4, 0.5) is 0 Å². The van der Waals surface area contributed by atoms with Gasteiger partial charge in [-0.2, -0.15) is 0 Å². The minimum atomic E-state index is -0.119. The second-order valence-corrected chi connectivity index (χ2v) is 5.21. The second-order valence-electron chi connectivity index (χ2n) is 4.45. The van der Waals surface area contributed by atoms with Crippen LogP contribution in [0.15, 0.2) is 12.7 Å². The van der Waals surface area contributed by atoms with Crippen LogP contribution in [0.3, 0.4) is 0 Å². The molecule has 0 atom stereocenters. The number of rotatable bonds is 4. The van der Waals surface area contributed by atoms with Gasteiger partial charge in [0.15, 0.2) is 5.78 Å². The van der Waals surface area contributed by atoms with Crippen molar-refractivity contribution in [3.05, 3.63) is 23.2 Å². The molecule has 3 nitrogen and oxygen atoms in total. The van der Waals surface area contributed by atoms with Crippen molar-refractivity contribution in [2.75, 3.05) is 0 Å². The number of nitrogens with zero attached hydrogens (tertiary/aromatic N) is 2. The highest BCUT2D eigenvalue weighted by Gasteiger charge is 2.25. The summed E-state index contributed by atoms with van der Waals surface area (Å²) in [5.74, 6) is 0.120. The van der Waals surface area contributed by atoms with Gasteiger partial charge in [-0.05, 0) is 18.0 Å². The molecule has 1 aromatic rings. The first-order valence-electron chi connectivity index (χ1n) is 4.93. The largest absolute Gasteiger partial charge is 0.293 e. The average Bonchev–Trinajstić information content (AvgIpc) is 2.61. The van der Waals surface area contributed by atoms with E-state index in [1.165, 1.54) is 11.5 Å². The van der Waals surface area contributed by atoms with Crippen LogP contribution in [0.25, 0.3) is 0 Å². The van der Waals surface area contributed by atoms with Crippen molar-refractivity contribution in [3.63, 3.8) is 0 Å². The molecule has 0 saturated heterocycles. The smallest absolute Gasteiger partial charge is 0.176 e. The highest BCUT2D eigenvalue weighted by atomic mass is 32.1. The third-order valence-corrected chi connectivity index (χ3v) is 2.79. The third kappa shape index (κ3) is 2.96. The summed E-state index contributed by atoms with van der Waals surface area (Å²) in [4.78, 5) is 12.5. The lowest BCUT2D eigenvalue weighted by Crippen LogP contribution is -2.16. The maximum absolute atomic E-state index is 11.8. The molecule has 0 aliphatic heterocycles. The van der Waals surface area contributed by atoms with Crippen LogP contribution in [0.1, 0.15) is 49.0 Å². The van der Waals surface area contributed by atoms with Crippen molar-refractivity contribution in [1.29, 1.82) is 0 Å². The van der Waals surface area contributed by atoms with E-state index in [-0.39, 0.29) is 11.2 Å². The standard InChI is InChI=1S/C11H16N2OS/c1-5-6-7-8(14)9-10(11(2,3)4)12-13-15-9/h5H,1,6-7H2,2-4H3. The molecule has 0 unspecified atom stereocenters. The first kappa shape index (κ1) is 12.0. The summed E-state index contributed by atoms with van der Waals surface area (Å²) in [5, 5.41) is 4.04. The Balaban J connectivity index is 2.90. The normalized spacial score (nSPS) is 11.4. The molecule has 0 aromatic carbocycles. The van der Waals surface area contributed by atoms with E-state index in [1.54, 1.807) is 6.08 Å². The third-order valence-electron chi connectivity index (χ3n) is 2.03. The van der Waals surface area contributed by atoms with Crippen LogP contribution in [-0.4, -0.2) is 15.4 Å². The van der Waals surface area contributed by atoms with Gasteiger partial charge in [-0.3, -0.25) is 4.79 Å². The lowest BCUT2D eigenvalue weighted by molar-refractivity contribution is 0.0985. The van der Waals surface area contributed by atoms with Gasteiger partial charge in [0.1, 0.15) is 4.88 Å². The monoisotopic (exact) mass is 224 g/mol. The number of ketones is 1. The van der Waals surface area contributed by atoms with Crippen LogP contribution >= 0.6 is 11.5 Å². The topological polar surface area (TPSA) is 42.9 Å². The number of Topliss-reactive ketones (excluding diaryl/α,β-unsaturated/α-hetero) is 1. The van der Waals surface area contributed by atoms with E-state index in [9.17, 15) is 4.79 Å². The Bertz CT molecular complexity index is 363. The zero-order chi connectivity index (χ0) is 11.5. The van der Waals surface area contributed by atoms with Gasteiger partial charge in [-0.25, -0.2) is 0 Å². The van der Waals surface area contributed by atoms with Gasteiger partial charge >= 0.3 is 0 Å². The van der Waals surface area contributed by atoms with Crippen LogP contribution < -0.4 is 0 Å². The van der Waals surface area contributed by atoms with Gasteiger partial charge in [-0.1, -0.05) is 31.3 Å². The Hall–Kier alpha value is -1.03. The molecule has 1 heterocycles. The molecule has 0 spiro atoms. The SMILES string of the molecule is C=CCCC(=O)c1snnc1C(C)(C)C. The number of allylic oxidation sites excluding steroid dienone is 1. The van der Waals surface area contributed by atoms with E-state index in [4.69, 9.17) is 0 Å². The van der Waals surface area contributed by atoms with E-state index in [0.29, 0.717) is 17.7 Å². The van der Waals surface area contributed by atoms with Crippen molar-refractivity contribution in [3.8, 4) is 0 Å². The molecular weight excluding hydrogens is 208 g/mol. The summed E-state index contributed by atoms with van der Waals surface area (Å²) in [6, 6.07) is 0. The van der Waals surface area contributed by atoms with Crippen LogP contribution in [0.2, 0.25) is 0 Å². The quantitative estimate of drug-likeness (QED) is 0.583. The van der Waals surface area contributed by atoms with E-state index < -0.39 is 0 Å². The van der Waals surface area contributed by atoms with E-state index >= 15 is 0 Å². The fraction of sp³-hybridized carbons (Fsp3) is 0.545. The average molecular weight is 224 g/mol. The molecule has 0 aliphatic rings. The molecule has 0 N–H and O–H groups in total. The molecule has 0 aliphatic carbocycles. The summed E-state index contributed by atoms with van der Waals surface area (Å²) in [7, 11) is 0. The summed E-state index contributed by atoms with van der Waals surface area (Å²) in [6.45, 7) is 9.71. The lowest BCUT2D eigenvalue weighted by atomic mass is 9.90. The predicted octanol–water partition coefficient (Wildman–Crippen LogP) is 2.98. The van der Waals surface area contributed by atoms with Gasteiger partial charge in [0.2, 0.25) is 0 Å². The fourth-order valence-electron chi connectivity index (χ4n) is 1.21. The van der Waals surface area contributed by atoms with Gasteiger partial charge in [0.25, 0.3) is 0 Å². The molecule has 0 saturated carbocycles. The molecule has 1 aromatic heterocycles. The first-order chi connectivity index (χ1) is 6.96. The zero-order valence-electron chi connectivity index (χ0n) is 9.41. The first-order valence-corrected chi connectivity index (χ1v) is 5.71. The Morgan fingerprint density at radius 3 is 2.73 bits per heavy atom. The van der Waals surface area contributed by atoms with E-state index in [1.807, 2.05) is 20.8 Å². The second kappa shape index (κ2) is 4.66. The molecule has 15 heavy (non-hydrogen) atoms. The number of hydrogen-bond donors (Lipinski definition) is 0. The minimum absolute atomic E-state index is 0.119. The van der Waals surface area contributed by atoms with Crippen LogP contribution in [0.5, 0.6) is 0 Å². The van der Waals surface area contributed by atoms with Gasteiger partial charge in [-0.15, -0.1) is 11.7 Å². The van der Waals surface area contributed by atoms with Crippen molar-refractivity contribution in [1.82, 2.24) is 9.59 Å². The molecule has 0 fully saturated rings. The predicted molar refractivity (Wildman–Crippen MR) is 62.4 cm³/mol. The van der Waals surface area contributed by atoms with E-state index in [0.717, 1.165) is 5.69 Å². The number of carbonyl (C=O) groups is 1. The maximum Gasteiger partial charge on any atom is 0.176 e. The molecule has 0 amide bonds. The highest BCUT2D eigenvalue weighted by Crippen LogP contribution is 2.26. The maximum atomic E-state index is 11.8. The number of aromatic nitrogens is 2. The molecule has 0 bridgehead atoms. The van der Waals surface area contributed by atoms with Crippen molar-refractivity contribution < 1.29 is 4.79 Å². The fourth-order valence-corrected chi connectivity index (χ4v) is 2.05. The highest BCUT2D eigenvalue weighted by molar-refractivity contribution is 7.08. The summed E-state index contributed by atoms with van der Waals surface area (Å²) < 4.78 is 3.86. The Morgan fingerprint density at radius 2 is 2.20 bits per heavy atom. The molecular formula is C11H16N2OS. The lowest BCUT2D eigenvalue weighted by Gasteiger charge is -2.15. The van der Waals surface area contributed by atoms with Crippen molar-refractivity contribution >= 4 is 17.3 Å². The molecule has 1 rings (SSSR count). The summed E-state index contributed by atoms with van der Waals surface area (Å²) in [5.41, 5.74) is 0.688. The minimum Gasteiger partial charge on any atom is -0.293 e. The zero-order valence-corrected chi connectivity index (χ0v) is 10.2. The van der Waals surface area contributed by atoms with Gasteiger partial charge in [0, 0.05) is 11.8 Å². The van der Waals surface area contributed by atoms with Crippen molar-refractivity contribution in [2.45, 2.75) is 39.0 Å². The molecule has 82 valence electrons. The number of hydrogen-bond acceptors (Lipinski definition) is 4. The summed E-state index contributed by atoms with van der Waals surface area (Å²) in [6.07, 6.45) is 2.96. The number of carbonyl (C=O) groups excluding carboxylic acids is 1.